The lowest BCUT2D eigenvalue weighted by atomic mass is 10.1. The predicted octanol–water partition coefficient (Wildman–Crippen LogP) is 3.43. The molecule has 0 aliphatic rings. The Morgan fingerprint density at radius 2 is 2.10 bits per heavy atom. The first kappa shape index (κ1) is 11.5. The minimum absolute atomic E-state index is 0.0224. The van der Waals surface area contributed by atoms with Crippen molar-refractivity contribution in [2.45, 2.75) is 26.3 Å². The summed E-state index contributed by atoms with van der Waals surface area (Å²) >= 11 is 0. The summed E-state index contributed by atoms with van der Waals surface area (Å²) in [6.45, 7) is 2.85. The van der Waals surface area contributed by atoms with Gasteiger partial charge in [0.05, 0.1) is 5.39 Å². The molecule has 5 heteroatoms. The van der Waals surface area contributed by atoms with Crippen molar-refractivity contribution in [3.05, 3.63) is 42.6 Å². The Bertz CT molecular complexity index is 767. The Hall–Kier alpha value is -2.30. The van der Waals surface area contributed by atoms with Crippen molar-refractivity contribution in [3.63, 3.8) is 0 Å². The monoisotopic (exact) mass is 271 g/mol. The minimum Gasteiger partial charge on any atom is -0.247 e. The molecule has 3 aromatic rings. The summed E-state index contributed by atoms with van der Waals surface area (Å²) in [7, 11) is 0. The maximum atomic E-state index is 13.1. The van der Waals surface area contributed by atoms with Crippen LogP contribution >= 0.6 is 0 Å². The van der Waals surface area contributed by atoms with Crippen molar-refractivity contribution in [1.82, 2.24) is 19.7 Å². The highest BCUT2D eigenvalue weighted by Gasteiger charge is 2.13. The number of nitrogens with zero attached hydrogens (tertiary/aromatic N) is 4. The number of hydrogen-bond acceptors (Lipinski definition) is 3. The number of aromatic nitrogens is 4. The molecule has 0 radical (unpaired) electrons. The molecule has 20 heavy (non-hydrogen) atoms. The Morgan fingerprint density at radius 1 is 1.30 bits per heavy atom. The van der Waals surface area contributed by atoms with Gasteiger partial charge >= 0.3 is 0 Å². The van der Waals surface area contributed by atoms with Gasteiger partial charge in [-0.2, -0.15) is 5.10 Å². The van der Waals surface area contributed by atoms with Gasteiger partial charge in [-0.05, 0) is 30.7 Å². The van der Waals surface area contributed by atoms with Crippen molar-refractivity contribution >= 4 is 11.0 Å². The molecule has 0 bridgehead atoms. The molecule has 0 N–H and O–H groups in total. The van der Waals surface area contributed by atoms with E-state index in [1.807, 2.05) is 0 Å². The summed E-state index contributed by atoms with van der Waals surface area (Å²) in [5, 5.41) is 5.36. The zero-order valence-electron chi connectivity index (χ0n) is 12.2. The van der Waals surface area contributed by atoms with E-state index in [-0.39, 0.29) is 12.1 Å². The highest BCUT2D eigenvalue weighted by Crippen LogP contribution is 2.26. The molecule has 0 amide bonds. The minimum atomic E-state index is -0.279. The maximum Gasteiger partial charge on any atom is 0.161 e. The molecule has 0 spiro atoms. The molecule has 2 aromatic heterocycles. The lowest BCUT2D eigenvalue weighted by Crippen LogP contribution is -2.00. The van der Waals surface area contributed by atoms with E-state index in [2.05, 4.69) is 22.0 Å². The first-order valence-corrected chi connectivity index (χ1v) is 6.65. The van der Waals surface area contributed by atoms with E-state index in [0.29, 0.717) is 5.65 Å². The third-order valence-electron chi connectivity index (χ3n) is 3.21. The summed E-state index contributed by atoms with van der Waals surface area (Å²) in [6, 6.07) is 6.20. The van der Waals surface area contributed by atoms with E-state index < -0.39 is 0 Å². The van der Waals surface area contributed by atoms with Gasteiger partial charge in [-0.15, -0.1) is 0 Å². The van der Waals surface area contributed by atoms with Gasteiger partial charge < -0.3 is 0 Å². The summed E-state index contributed by atoms with van der Waals surface area (Å²) in [4.78, 5) is 8.11. The van der Waals surface area contributed by atoms with Crippen LogP contribution in [0.5, 0.6) is 0 Å². The molecule has 0 fully saturated rings. The predicted molar refractivity (Wildman–Crippen MR) is 75.6 cm³/mol. The van der Waals surface area contributed by atoms with Gasteiger partial charge in [0.25, 0.3) is 0 Å². The van der Waals surface area contributed by atoms with Crippen LogP contribution in [0, 0.1) is 5.82 Å². The molecule has 0 aliphatic heterocycles. The van der Waals surface area contributed by atoms with E-state index in [0.717, 1.165) is 36.0 Å². The average Bonchev–Trinajstić information content (AvgIpc) is 2.84. The smallest absolute Gasteiger partial charge is 0.161 e. The molecule has 0 atom stereocenters. The van der Waals surface area contributed by atoms with Gasteiger partial charge in [-0.1, -0.05) is 13.3 Å². The second-order valence-corrected chi connectivity index (χ2v) is 4.64. The lowest BCUT2D eigenvalue weighted by molar-refractivity contribution is 0.585. The second-order valence-electron chi connectivity index (χ2n) is 4.64. The Balaban J connectivity index is 2.16. The second kappa shape index (κ2) is 5.36. The van der Waals surface area contributed by atoms with Gasteiger partial charge in [0.2, 0.25) is 0 Å². The first-order chi connectivity index (χ1) is 10.2. The molecule has 0 aliphatic carbocycles. The Morgan fingerprint density at radius 3 is 2.85 bits per heavy atom. The molecule has 102 valence electrons. The number of hydrogen-bond donors (Lipinski definition) is 0. The highest BCUT2D eigenvalue weighted by molar-refractivity contribution is 5.90. The van der Waals surface area contributed by atoms with Crippen LogP contribution < -0.4 is 0 Å². The molecule has 2 heterocycles. The normalized spacial score (nSPS) is 11.8. The summed E-state index contributed by atoms with van der Waals surface area (Å²) in [5.74, 6) is -0.279. The standard InChI is InChI=1S/C15H15FN4/c1-2-3-8-20-15-13(9-17-10-18-15)14(19-20)11-4-6-12(16)7-5-11/h4-7,9-10H,2-3,8H2,1H3/i10D. The zero-order valence-corrected chi connectivity index (χ0v) is 11.2. The third-order valence-corrected chi connectivity index (χ3v) is 3.21. The van der Waals surface area contributed by atoms with E-state index >= 15 is 0 Å². The van der Waals surface area contributed by atoms with E-state index in [1.54, 1.807) is 23.0 Å². The molecule has 0 saturated carbocycles. The number of aryl methyl sites for hydroxylation is 1. The van der Waals surface area contributed by atoms with Crippen LogP contribution in [-0.2, 0) is 6.54 Å². The molecular weight excluding hydrogens is 255 g/mol. The largest absolute Gasteiger partial charge is 0.247 e. The summed E-state index contributed by atoms with van der Waals surface area (Å²) < 4.78 is 22.4. The average molecular weight is 271 g/mol. The van der Waals surface area contributed by atoms with Crippen LogP contribution in [0.1, 0.15) is 21.1 Å². The topological polar surface area (TPSA) is 43.6 Å². The number of halogens is 1. The zero-order chi connectivity index (χ0) is 14.8. The molecule has 0 saturated heterocycles. The van der Waals surface area contributed by atoms with Crippen molar-refractivity contribution in [2.75, 3.05) is 0 Å². The fraction of sp³-hybridized carbons (Fsp3) is 0.267. The maximum absolute atomic E-state index is 13.1. The lowest BCUT2D eigenvalue weighted by Gasteiger charge is -1.99. The van der Waals surface area contributed by atoms with Gasteiger partial charge in [-0.25, -0.2) is 19.0 Å². The Labute approximate surface area is 117 Å². The number of fused-ring (bicyclic) bond motifs is 1. The number of benzene rings is 1. The van der Waals surface area contributed by atoms with Gasteiger partial charge in [0.15, 0.2) is 5.65 Å². The quantitative estimate of drug-likeness (QED) is 0.730. The van der Waals surface area contributed by atoms with E-state index in [9.17, 15) is 4.39 Å². The summed E-state index contributed by atoms with van der Waals surface area (Å²) in [5.41, 5.74) is 2.20. The van der Waals surface area contributed by atoms with E-state index in [1.165, 1.54) is 12.1 Å². The van der Waals surface area contributed by atoms with Crippen molar-refractivity contribution < 1.29 is 5.76 Å². The van der Waals surface area contributed by atoms with Crippen LogP contribution in [-0.4, -0.2) is 19.7 Å². The molecule has 1 aromatic carbocycles. The molecular formula is C15H15FN4. The van der Waals surface area contributed by atoms with Crippen LogP contribution in [0.25, 0.3) is 22.3 Å². The molecule has 4 nitrogen and oxygen atoms in total. The number of unbranched alkanes of at least 4 members (excludes halogenated alkanes) is 1. The van der Waals surface area contributed by atoms with Crippen molar-refractivity contribution in [1.29, 1.82) is 0 Å². The molecule has 3 rings (SSSR count). The molecule has 0 unspecified atom stereocenters. The summed E-state index contributed by atoms with van der Waals surface area (Å²) in [6.07, 6.45) is 3.62. The highest BCUT2D eigenvalue weighted by atomic mass is 19.1. The van der Waals surface area contributed by atoms with Gasteiger partial charge in [-0.3, -0.25) is 0 Å². The number of rotatable bonds is 4. The van der Waals surface area contributed by atoms with Gasteiger partial charge in [0.1, 0.15) is 19.2 Å². The van der Waals surface area contributed by atoms with Gasteiger partial charge in [0, 0.05) is 18.3 Å². The van der Waals surface area contributed by atoms with Crippen LogP contribution in [0.4, 0.5) is 4.39 Å². The van der Waals surface area contributed by atoms with Crippen LogP contribution in [0.15, 0.2) is 36.8 Å². The van der Waals surface area contributed by atoms with Crippen LogP contribution in [0.2, 0.25) is 0 Å². The van der Waals surface area contributed by atoms with Crippen LogP contribution in [0.3, 0.4) is 0 Å². The fourth-order valence-electron chi connectivity index (χ4n) is 2.16. The van der Waals surface area contributed by atoms with Crippen molar-refractivity contribution in [2.24, 2.45) is 0 Å². The SMILES string of the molecule is [2H]c1ncc2c(-c3ccc(F)cc3)nn(CCCC)c2n1. The fourth-order valence-corrected chi connectivity index (χ4v) is 2.16. The van der Waals surface area contributed by atoms with E-state index in [4.69, 9.17) is 1.37 Å². The van der Waals surface area contributed by atoms with Crippen molar-refractivity contribution in [3.8, 4) is 11.3 Å². The Kier molecular flexibility index (Phi) is 3.09. The first-order valence-electron chi connectivity index (χ1n) is 7.15. The third kappa shape index (κ3) is 2.27.